The van der Waals surface area contributed by atoms with Gasteiger partial charge in [0.1, 0.15) is 17.7 Å². The maximum atomic E-state index is 14.3. The molecule has 1 aromatic heterocycles. The van der Waals surface area contributed by atoms with Gasteiger partial charge in [-0.05, 0) is 67.6 Å². The van der Waals surface area contributed by atoms with Crippen molar-refractivity contribution in [2.24, 2.45) is 10.9 Å². The lowest BCUT2D eigenvalue weighted by Gasteiger charge is -2.37. The molecule has 9 nitrogen and oxygen atoms in total. The average Bonchev–Trinajstić information content (AvgIpc) is 3.49. The van der Waals surface area contributed by atoms with Gasteiger partial charge >= 0.3 is 5.76 Å². The van der Waals surface area contributed by atoms with Crippen molar-refractivity contribution in [1.29, 1.82) is 0 Å². The van der Waals surface area contributed by atoms with Crippen LogP contribution in [0.4, 0.5) is 5.69 Å². The Balaban J connectivity index is 1.22. The molecule has 0 aliphatic carbocycles. The van der Waals surface area contributed by atoms with Crippen molar-refractivity contribution in [1.82, 2.24) is 10.1 Å². The first-order chi connectivity index (χ1) is 22.3. The van der Waals surface area contributed by atoms with E-state index in [4.69, 9.17) is 19.0 Å². The molecule has 1 N–H and O–H groups in total. The molecule has 0 radical (unpaired) electrons. The Kier molecular flexibility index (Phi) is 9.49. The summed E-state index contributed by atoms with van der Waals surface area (Å²) in [5, 5.41) is 3.87. The van der Waals surface area contributed by atoms with E-state index in [-0.39, 0.29) is 36.2 Å². The van der Waals surface area contributed by atoms with Crippen LogP contribution in [0.1, 0.15) is 65.4 Å². The molecular formula is C37H42N4O5. The summed E-state index contributed by atoms with van der Waals surface area (Å²) >= 11 is 0. The van der Waals surface area contributed by atoms with E-state index in [1.165, 1.54) is 0 Å². The second kappa shape index (κ2) is 13.9. The molecule has 6 rings (SSSR count). The van der Waals surface area contributed by atoms with Gasteiger partial charge in [-0.15, -0.1) is 0 Å². The van der Waals surface area contributed by atoms with Crippen molar-refractivity contribution < 1.29 is 18.8 Å². The molecule has 1 amide bonds. The number of anilines is 1. The van der Waals surface area contributed by atoms with E-state index in [1.54, 1.807) is 0 Å². The molecule has 9 heteroatoms. The van der Waals surface area contributed by atoms with Crippen LogP contribution >= 0.6 is 0 Å². The standard InChI is InChI=1S/C37H42N4O5/c1-5-9-33-32(22-25-12-14-26(15-13-25)30-10-7-8-11-31(30)35-39-37(43)46-40-35)36(42)41(34(6-2)38-33)27-16-18-28(19-17-27)45-29-20-23(3)44-24(4)21-29/h7-8,10-19,23-24,29,32-33H,5-6,9,20-22H2,1-4H3,(H,39,40,43). The largest absolute Gasteiger partial charge is 0.490 e. The van der Waals surface area contributed by atoms with E-state index < -0.39 is 5.76 Å². The molecule has 1 fully saturated rings. The fourth-order valence-electron chi connectivity index (χ4n) is 6.78. The van der Waals surface area contributed by atoms with E-state index in [1.807, 2.05) is 65.6 Å². The number of hydrogen-bond donors (Lipinski definition) is 1. The Labute approximate surface area is 269 Å². The van der Waals surface area contributed by atoms with Crippen LogP contribution in [0.5, 0.6) is 5.75 Å². The second-order valence-electron chi connectivity index (χ2n) is 12.4. The van der Waals surface area contributed by atoms with Crippen molar-refractivity contribution in [2.75, 3.05) is 4.90 Å². The van der Waals surface area contributed by atoms with Crippen LogP contribution in [0, 0.1) is 5.92 Å². The number of aromatic nitrogens is 2. The monoisotopic (exact) mass is 622 g/mol. The number of carbonyl (C=O) groups is 1. The highest BCUT2D eigenvalue weighted by molar-refractivity contribution is 6.19. The minimum absolute atomic E-state index is 0.0757. The first kappa shape index (κ1) is 31.5. The molecule has 1 saturated heterocycles. The number of amides is 1. The SMILES string of the molecule is CCCC1N=C(CC)N(c2ccc(OC3CC(C)OC(C)C3)cc2)C(=O)C1Cc1ccc(-c2ccccc2-c2noc(=O)[nH]2)cc1. The fourth-order valence-corrected chi connectivity index (χ4v) is 6.78. The molecule has 2 aliphatic heterocycles. The zero-order chi connectivity index (χ0) is 32.2. The third-order valence-electron chi connectivity index (χ3n) is 8.87. The molecule has 0 bridgehead atoms. The summed E-state index contributed by atoms with van der Waals surface area (Å²) in [6.45, 7) is 8.37. The Morgan fingerprint density at radius 3 is 2.24 bits per heavy atom. The third-order valence-corrected chi connectivity index (χ3v) is 8.87. The van der Waals surface area contributed by atoms with Crippen LogP contribution in [0.3, 0.4) is 0 Å². The highest BCUT2D eigenvalue weighted by atomic mass is 16.5. The second-order valence-corrected chi connectivity index (χ2v) is 12.4. The molecule has 3 aromatic carbocycles. The molecule has 3 heterocycles. The summed E-state index contributed by atoms with van der Waals surface area (Å²) in [6.07, 6.45) is 5.23. The number of aliphatic imine (C=N–C) groups is 1. The van der Waals surface area contributed by atoms with Crippen molar-refractivity contribution >= 4 is 17.4 Å². The van der Waals surface area contributed by atoms with E-state index in [2.05, 4.69) is 50.0 Å². The highest BCUT2D eigenvalue weighted by Gasteiger charge is 2.38. The first-order valence-corrected chi connectivity index (χ1v) is 16.4. The maximum Gasteiger partial charge on any atom is 0.439 e. The van der Waals surface area contributed by atoms with Gasteiger partial charge < -0.3 is 9.47 Å². The molecule has 0 saturated carbocycles. The Morgan fingerprint density at radius 2 is 1.61 bits per heavy atom. The van der Waals surface area contributed by atoms with Gasteiger partial charge in [-0.25, -0.2) is 4.79 Å². The zero-order valence-corrected chi connectivity index (χ0v) is 26.9. The molecular weight excluding hydrogens is 580 g/mol. The van der Waals surface area contributed by atoms with Crippen LogP contribution in [0.25, 0.3) is 22.5 Å². The van der Waals surface area contributed by atoms with Crippen LogP contribution < -0.4 is 15.4 Å². The van der Waals surface area contributed by atoms with Crippen molar-refractivity contribution in [2.45, 2.75) is 90.6 Å². The van der Waals surface area contributed by atoms with E-state index in [9.17, 15) is 9.59 Å². The summed E-state index contributed by atoms with van der Waals surface area (Å²) in [7, 11) is 0. The number of H-pyrrole nitrogens is 1. The van der Waals surface area contributed by atoms with Crippen LogP contribution in [-0.4, -0.2) is 46.2 Å². The van der Waals surface area contributed by atoms with E-state index in [0.717, 1.165) is 65.2 Å². The number of rotatable bonds is 10. The Hall–Kier alpha value is -4.50. The molecule has 4 unspecified atom stereocenters. The average molecular weight is 623 g/mol. The molecule has 0 spiro atoms. The minimum Gasteiger partial charge on any atom is -0.490 e. The number of carbonyl (C=O) groups excluding carboxylic acids is 1. The Bertz CT molecular complexity index is 1720. The Morgan fingerprint density at radius 1 is 0.913 bits per heavy atom. The summed E-state index contributed by atoms with van der Waals surface area (Å²) in [6, 6.07) is 23.7. The highest BCUT2D eigenvalue weighted by Crippen LogP contribution is 2.34. The maximum absolute atomic E-state index is 14.3. The van der Waals surface area contributed by atoms with Crippen molar-refractivity contribution in [3.05, 3.63) is 88.9 Å². The molecule has 4 aromatic rings. The number of aromatic amines is 1. The normalized spacial score (nSPS) is 23.3. The van der Waals surface area contributed by atoms with Gasteiger partial charge in [0, 0.05) is 24.8 Å². The van der Waals surface area contributed by atoms with E-state index >= 15 is 0 Å². The minimum atomic E-state index is -0.592. The molecule has 2 aliphatic rings. The third kappa shape index (κ3) is 6.84. The van der Waals surface area contributed by atoms with Gasteiger partial charge in [-0.3, -0.25) is 24.2 Å². The van der Waals surface area contributed by atoms with Gasteiger partial charge in [-0.1, -0.05) is 74.0 Å². The lowest BCUT2D eigenvalue weighted by molar-refractivity contribution is -0.122. The topological polar surface area (TPSA) is 110 Å². The number of amidine groups is 1. The number of nitrogens with one attached hydrogen (secondary N) is 1. The van der Waals surface area contributed by atoms with Gasteiger partial charge in [0.15, 0.2) is 5.82 Å². The zero-order valence-electron chi connectivity index (χ0n) is 26.9. The van der Waals surface area contributed by atoms with Crippen LogP contribution in [0.2, 0.25) is 0 Å². The number of benzene rings is 3. The molecule has 46 heavy (non-hydrogen) atoms. The molecule has 240 valence electrons. The summed E-state index contributed by atoms with van der Waals surface area (Å²) in [4.78, 5) is 35.5. The number of hydrogen-bond acceptors (Lipinski definition) is 7. The van der Waals surface area contributed by atoms with Crippen LogP contribution in [0.15, 0.2) is 87.1 Å². The van der Waals surface area contributed by atoms with Gasteiger partial charge in [0.05, 0.1) is 29.9 Å². The van der Waals surface area contributed by atoms with Gasteiger partial charge in [0.2, 0.25) is 5.91 Å². The number of ether oxygens (including phenoxy) is 2. The van der Waals surface area contributed by atoms with E-state index in [0.29, 0.717) is 18.7 Å². The quantitative estimate of drug-likeness (QED) is 0.200. The smallest absolute Gasteiger partial charge is 0.439 e. The number of nitrogens with zero attached hydrogens (tertiary/aromatic N) is 3. The van der Waals surface area contributed by atoms with Gasteiger partial charge in [-0.2, -0.15) is 0 Å². The molecule has 4 atom stereocenters. The lowest BCUT2D eigenvalue weighted by Crippen LogP contribution is -2.50. The summed E-state index contributed by atoms with van der Waals surface area (Å²) in [5.74, 6) is 1.19. The van der Waals surface area contributed by atoms with Gasteiger partial charge in [0.25, 0.3) is 0 Å². The van der Waals surface area contributed by atoms with Crippen molar-refractivity contribution in [3.8, 4) is 28.3 Å². The van der Waals surface area contributed by atoms with Crippen LogP contribution in [-0.2, 0) is 16.0 Å². The summed E-state index contributed by atoms with van der Waals surface area (Å²) < 4.78 is 16.9. The predicted molar refractivity (Wildman–Crippen MR) is 179 cm³/mol. The fraction of sp³-hybridized carbons (Fsp3) is 0.405. The van der Waals surface area contributed by atoms with Crippen molar-refractivity contribution in [3.63, 3.8) is 0 Å². The lowest BCUT2D eigenvalue weighted by atomic mass is 9.86. The predicted octanol–water partition coefficient (Wildman–Crippen LogP) is 7.21. The first-order valence-electron chi connectivity index (χ1n) is 16.4. The summed E-state index contributed by atoms with van der Waals surface area (Å²) in [5.41, 5.74) is 4.55.